The van der Waals surface area contributed by atoms with Crippen LogP contribution < -0.4 is 15.4 Å². The number of carbonyl (C=O) groups excluding carboxylic acids is 1. The molecule has 2 aromatic heterocycles. The predicted molar refractivity (Wildman–Crippen MR) is 122 cm³/mol. The van der Waals surface area contributed by atoms with Gasteiger partial charge in [0.05, 0.1) is 18.4 Å². The molecule has 8 nitrogen and oxygen atoms in total. The lowest BCUT2D eigenvalue weighted by Gasteiger charge is -2.13. The third kappa shape index (κ3) is 4.68. The van der Waals surface area contributed by atoms with Crippen molar-refractivity contribution in [1.82, 2.24) is 14.8 Å². The van der Waals surface area contributed by atoms with Crippen molar-refractivity contribution in [3.05, 3.63) is 41.1 Å². The molecule has 1 aliphatic carbocycles. The summed E-state index contributed by atoms with van der Waals surface area (Å²) in [6.07, 6.45) is 2.33. The Morgan fingerprint density at radius 2 is 2.06 bits per heavy atom. The molecule has 0 spiro atoms. The number of amides is 1. The highest BCUT2D eigenvalue weighted by Crippen LogP contribution is 2.32. The number of ether oxygens (including phenoxy) is 1. The number of nitrogens with one attached hydrogen (secondary N) is 2. The molecule has 0 saturated heterocycles. The number of rotatable bonds is 8. The molecule has 2 heterocycles. The number of carbonyl (C=O) groups is 1. The van der Waals surface area contributed by atoms with E-state index in [0.717, 1.165) is 32.2 Å². The average molecular weight is 455 g/mol. The van der Waals surface area contributed by atoms with E-state index in [1.807, 2.05) is 42.7 Å². The van der Waals surface area contributed by atoms with Gasteiger partial charge >= 0.3 is 0 Å². The molecular formula is C21H22N6O2S2. The number of nitrogens with zero attached hydrogens (tertiary/aromatic N) is 4. The number of thioether (sulfide) groups is 1. The Bertz CT molecular complexity index is 1140. The van der Waals surface area contributed by atoms with Crippen molar-refractivity contribution in [1.29, 1.82) is 5.26 Å². The Labute approximate surface area is 188 Å². The van der Waals surface area contributed by atoms with Gasteiger partial charge in [-0.1, -0.05) is 23.1 Å². The SMILES string of the molecule is COc1ccc(-n2c(C)c(C)c(C#N)c2NC(=O)CSc2nnc(NC3CC3)s2)cc1. The van der Waals surface area contributed by atoms with E-state index in [1.54, 1.807) is 7.11 Å². The lowest BCUT2D eigenvalue weighted by Crippen LogP contribution is -2.17. The lowest BCUT2D eigenvalue weighted by molar-refractivity contribution is -0.113. The van der Waals surface area contributed by atoms with Crippen molar-refractivity contribution in [3.8, 4) is 17.5 Å². The molecule has 3 aromatic rings. The van der Waals surface area contributed by atoms with E-state index in [0.29, 0.717) is 17.4 Å². The van der Waals surface area contributed by atoms with Crippen molar-refractivity contribution in [2.24, 2.45) is 0 Å². The Morgan fingerprint density at radius 3 is 2.71 bits per heavy atom. The first-order valence-corrected chi connectivity index (χ1v) is 11.6. The first-order valence-electron chi connectivity index (χ1n) is 9.79. The molecule has 1 aliphatic rings. The number of anilines is 2. The largest absolute Gasteiger partial charge is 0.497 e. The van der Waals surface area contributed by atoms with Crippen molar-refractivity contribution >= 4 is 40.0 Å². The summed E-state index contributed by atoms with van der Waals surface area (Å²) in [4.78, 5) is 12.7. The second-order valence-corrected chi connectivity index (χ2v) is 9.41. The number of aromatic nitrogens is 3. The van der Waals surface area contributed by atoms with Gasteiger partial charge in [-0.2, -0.15) is 5.26 Å². The number of hydrogen-bond donors (Lipinski definition) is 2. The van der Waals surface area contributed by atoms with Crippen LogP contribution in [0.4, 0.5) is 10.9 Å². The molecule has 1 fully saturated rings. The highest BCUT2D eigenvalue weighted by molar-refractivity contribution is 8.01. The van der Waals surface area contributed by atoms with E-state index in [4.69, 9.17) is 4.74 Å². The molecule has 4 rings (SSSR count). The second-order valence-electron chi connectivity index (χ2n) is 7.21. The van der Waals surface area contributed by atoms with Crippen LogP contribution in [-0.2, 0) is 4.79 Å². The standard InChI is InChI=1S/C21H22N6O2S2/c1-12-13(2)27(15-6-8-16(29-3)9-7-15)19(17(12)10-22)24-18(28)11-30-21-26-25-20(31-21)23-14-4-5-14/h6-9,14H,4-5,11H2,1-3H3,(H,23,25)(H,24,28). The molecule has 0 unspecified atom stereocenters. The van der Waals surface area contributed by atoms with Crippen LogP contribution in [0.25, 0.3) is 5.69 Å². The third-order valence-electron chi connectivity index (χ3n) is 5.05. The van der Waals surface area contributed by atoms with Crippen molar-refractivity contribution < 1.29 is 9.53 Å². The van der Waals surface area contributed by atoms with Crippen LogP contribution in [0, 0.1) is 25.2 Å². The van der Waals surface area contributed by atoms with E-state index in [2.05, 4.69) is 26.9 Å². The zero-order valence-electron chi connectivity index (χ0n) is 17.4. The summed E-state index contributed by atoms with van der Waals surface area (Å²) in [5, 5.41) is 25.0. The lowest BCUT2D eigenvalue weighted by atomic mass is 10.2. The minimum atomic E-state index is -0.208. The van der Waals surface area contributed by atoms with Gasteiger partial charge in [0.1, 0.15) is 17.6 Å². The molecule has 1 amide bonds. The van der Waals surface area contributed by atoms with Gasteiger partial charge in [0.25, 0.3) is 0 Å². The van der Waals surface area contributed by atoms with Gasteiger partial charge in [-0.15, -0.1) is 10.2 Å². The summed E-state index contributed by atoms with van der Waals surface area (Å²) >= 11 is 2.78. The quantitative estimate of drug-likeness (QED) is 0.493. The van der Waals surface area contributed by atoms with E-state index in [1.165, 1.54) is 35.9 Å². The van der Waals surface area contributed by atoms with Crippen LogP contribution in [0.2, 0.25) is 0 Å². The molecule has 10 heteroatoms. The van der Waals surface area contributed by atoms with Crippen LogP contribution >= 0.6 is 23.1 Å². The molecule has 0 atom stereocenters. The number of nitriles is 1. The van der Waals surface area contributed by atoms with Crippen LogP contribution in [0.1, 0.15) is 29.7 Å². The molecular weight excluding hydrogens is 432 g/mol. The number of benzene rings is 1. The van der Waals surface area contributed by atoms with Crippen LogP contribution in [0.3, 0.4) is 0 Å². The number of methoxy groups -OCH3 is 1. The summed E-state index contributed by atoms with van der Waals surface area (Å²) in [6, 6.07) is 10.2. The zero-order chi connectivity index (χ0) is 22.0. The Morgan fingerprint density at radius 1 is 1.32 bits per heavy atom. The van der Waals surface area contributed by atoms with Gasteiger partial charge in [-0.25, -0.2) is 0 Å². The van der Waals surface area contributed by atoms with Crippen LogP contribution in [0.5, 0.6) is 5.75 Å². The molecule has 0 bridgehead atoms. The van der Waals surface area contributed by atoms with Crippen molar-refractivity contribution in [2.75, 3.05) is 23.5 Å². The van der Waals surface area contributed by atoms with Crippen molar-refractivity contribution in [2.45, 2.75) is 37.1 Å². The molecule has 31 heavy (non-hydrogen) atoms. The van der Waals surface area contributed by atoms with Crippen LogP contribution in [-0.4, -0.2) is 39.6 Å². The predicted octanol–water partition coefficient (Wildman–Crippen LogP) is 4.13. The Balaban J connectivity index is 1.51. The summed E-state index contributed by atoms with van der Waals surface area (Å²) < 4.78 is 7.85. The highest BCUT2D eigenvalue weighted by atomic mass is 32.2. The molecule has 160 valence electrons. The normalized spacial score (nSPS) is 13.0. The maximum absolute atomic E-state index is 12.7. The topological polar surface area (TPSA) is 105 Å². The molecule has 2 N–H and O–H groups in total. The fourth-order valence-electron chi connectivity index (χ4n) is 3.14. The summed E-state index contributed by atoms with van der Waals surface area (Å²) in [7, 11) is 1.61. The summed E-state index contributed by atoms with van der Waals surface area (Å²) in [5.74, 6) is 1.18. The first kappa shape index (κ1) is 21.2. The smallest absolute Gasteiger partial charge is 0.235 e. The minimum Gasteiger partial charge on any atom is -0.497 e. The summed E-state index contributed by atoms with van der Waals surface area (Å²) in [6.45, 7) is 3.81. The first-order chi connectivity index (χ1) is 15.0. The van der Waals surface area contributed by atoms with Gasteiger partial charge in [0.15, 0.2) is 4.34 Å². The van der Waals surface area contributed by atoms with E-state index >= 15 is 0 Å². The monoisotopic (exact) mass is 454 g/mol. The van der Waals surface area contributed by atoms with Gasteiger partial charge in [-0.3, -0.25) is 9.36 Å². The molecule has 0 radical (unpaired) electrons. The molecule has 0 aliphatic heterocycles. The minimum absolute atomic E-state index is 0.175. The zero-order valence-corrected chi connectivity index (χ0v) is 19.1. The molecule has 1 saturated carbocycles. The third-order valence-corrected chi connectivity index (χ3v) is 7.04. The second kappa shape index (κ2) is 8.99. The van der Waals surface area contributed by atoms with E-state index in [-0.39, 0.29) is 11.7 Å². The highest BCUT2D eigenvalue weighted by Gasteiger charge is 2.23. The fourth-order valence-corrected chi connectivity index (χ4v) is 4.77. The summed E-state index contributed by atoms with van der Waals surface area (Å²) in [5.41, 5.74) is 3.02. The van der Waals surface area contributed by atoms with Crippen molar-refractivity contribution in [3.63, 3.8) is 0 Å². The Hall–Kier alpha value is -3.03. The maximum Gasteiger partial charge on any atom is 0.235 e. The maximum atomic E-state index is 12.7. The van der Waals surface area contributed by atoms with E-state index < -0.39 is 0 Å². The van der Waals surface area contributed by atoms with Gasteiger partial charge in [0, 0.05) is 17.4 Å². The Kier molecular flexibility index (Phi) is 6.15. The van der Waals surface area contributed by atoms with Gasteiger partial charge in [0.2, 0.25) is 11.0 Å². The fraction of sp³-hybridized carbons (Fsp3) is 0.333. The molecule has 1 aromatic carbocycles. The van der Waals surface area contributed by atoms with Gasteiger partial charge in [-0.05, 0) is 56.5 Å². The average Bonchev–Trinajstić information content (AvgIpc) is 3.42. The van der Waals surface area contributed by atoms with Gasteiger partial charge < -0.3 is 15.4 Å². The van der Waals surface area contributed by atoms with Crippen LogP contribution in [0.15, 0.2) is 28.6 Å². The number of hydrogen-bond acceptors (Lipinski definition) is 8. The van der Waals surface area contributed by atoms with E-state index in [9.17, 15) is 10.1 Å².